The monoisotopic (exact) mass is 290 g/mol. The van der Waals surface area contributed by atoms with Gasteiger partial charge in [0.05, 0.1) is 12.2 Å². The standard InChI is InChI=1S/C16H15FO4/c1-2-20-12-5-3-11(4-6-12)10-21-13-7-8-14(16(18)19)15(17)9-13/h3-9H,2,10H2,1H3,(H,18,19). The summed E-state index contributed by atoms with van der Waals surface area (Å²) in [6.07, 6.45) is 0. The number of carbonyl (C=O) groups is 1. The van der Waals surface area contributed by atoms with Crippen LogP contribution >= 0.6 is 0 Å². The molecule has 2 aromatic carbocycles. The number of aromatic carboxylic acids is 1. The first kappa shape index (κ1) is 14.8. The maximum Gasteiger partial charge on any atom is 0.338 e. The van der Waals surface area contributed by atoms with Gasteiger partial charge in [-0.3, -0.25) is 0 Å². The lowest BCUT2D eigenvalue weighted by Gasteiger charge is -2.08. The fourth-order valence-electron chi connectivity index (χ4n) is 1.77. The van der Waals surface area contributed by atoms with Crippen LogP contribution in [0.2, 0.25) is 0 Å². The summed E-state index contributed by atoms with van der Waals surface area (Å²) < 4.78 is 24.2. The van der Waals surface area contributed by atoms with E-state index in [0.717, 1.165) is 17.4 Å². The van der Waals surface area contributed by atoms with Gasteiger partial charge in [-0.1, -0.05) is 12.1 Å². The molecule has 0 radical (unpaired) electrons. The Morgan fingerprint density at radius 3 is 2.33 bits per heavy atom. The van der Waals surface area contributed by atoms with Gasteiger partial charge in [-0.2, -0.15) is 0 Å². The molecule has 0 spiro atoms. The molecule has 0 saturated carbocycles. The van der Waals surface area contributed by atoms with Gasteiger partial charge in [0, 0.05) is 6.07 Å². The van der Waals surface area contributed by atoms with Gasteiger partial charge < -0.3 is 14.6 Å². The number of hydrogen-bond acceptors (Lipinski definition) is 3. The second-order valence-electron chi connectivity index (χ2n) is 4.31. The molecule has 0 atom stereocenters. The number of carboxylic acid groups (broad SMARTS) is 1. The molecular formula is C16H15FO4. The lowest BCUT2D eigenvalue weighted by Crippen LogP contribution is -2.02. The third kappa shape index (κ3) is 3.95. The van der Waals surface area contributed by atoms with Gasteiger partial charge in [0.1, 0.15) is 23.9 Å². The summed E-state index contributed by atoms with van der Waals surface area (Å²) in [7, 11) is 0. The minimum absolute atomic E-state index is 0.262. The number of hydrogen-bond donors (Lipinski definition) is 1. The van der Waals surface area contributed by atoms with Crippen molar-refractivity contribution in [2.45, 2.75) is 13.5 Å². The third-order valence-electron chi connectivity index (χ3n) is 2.81. The third-order valence-corrected chi connectivity index (χ3v) is 2.81. The van der Waals surface area contributed by atoms with E-state index >= 15 is 0 Å². The molecule has 0 aliphatic heterocycles. The zero-order valence-corrected chi connectivity index (χ0v) is 11.5. The summed E-state index contributed by atoms with van der Waals surface area (Å²) >= 11 is 0. The van der Waals surface area contributed by atoms with Crippen LogP contribution in [-0.4, -0.2) is 17.7 Å². The first-order valence-corrected chi connectivity index (χ1v) is 6.47. The molecule has 0 amide bonds. The van der Waals surface area contributed by atoms with Crippen LogP contribution in [0.15, 0.2) is 42.5 Å². The van der Waals surface area contributed by atoms with Crippen LogP contribution in [0.1, 0.15) is 22.8 Å². The minimum Gasteiger partial charge on any atom is -0.494 e. The fraction of sp³-hybridized carbons (Fsp3) is 0.188. The van der Waals surface area contributed by atoms with Gasteiger partial charge in [-0.05, 0) is 36.8 Å². The maximum absolute atomic E-state index is 13.5. The van der Waals surface area contributed by atoms with Gasteiger partial charge in [0.15, 0.2) is 0 Å². The molecule has 2 aromatic rings. The van der Waals surface area contributed by atoms with E-state index in [9.17, 15) is 9.18 Å². The molecule has 0 fully saturated rings. The summed E-state index contributed by atoms with van der Waals surface area (Å²) in [5.74, 6) is -1.05. The van der Waals surface area contributed by atoms with Gasteiger partial charge in [-0.25, -0.2) is 9.18 Å². The summed E-state index contributed by atoms with van der Waals surface area (Å²) in [5, 5.41) is 8.74. The SMILES string of the molecule is CCOc1ccc(COc2ccc(C(=O)O)c(F)c2)cc1. The highest BCUT2D eigenvalue weighted by Crippen LogP contribution is 2.19. The molecule has 5 heteroatoms. The molecule has 1 N–H and O–H groups in total. The maximum atomic E-state index is 13.5. The van der Waals surface area contributed by atoms with Crippen LogP contribution in [0.25, 0.3) is 0 Å². The lowest BCUT2D eigenvalue weighted by molar-refractivity contribution is 0.0692. The van der Waals surface area contributed by atoms with Gasteiger partial charge in [0.25, 0.3) is 0 Å². The van der Waals surface area contributed by atoms with Crippen LogP contribution in [0.4, 0.5) is 4.39 Å². The number of rotatable bonds is 6. The Morgan fingerprint density at radius 1 is 1.10 bits per heavy atom. The summed E-state index contributed by atoms with van der Waals surface area (Å²) in [5.41, 5.74) is 0.532. The van der Waals surface area contributed by atoms with Crippen LogP contribution in [0, 0.1) is 5.82 Å². The molecule has 0 aliphatic rings. The van der Waals surface area contributed by atoms with E-state index in [-0.39, 0.29) is 17.9 Å². The Balaban J connectivity index is 1.99. The average Bonchev–Trinajstić information content (AvgIpc) is 2.46. The Kier molecular flexibility index (Phi) is 4.77. The normalized spacial score (nSPS) is 10.2. The number of ether oxygens (including phenoxy) is 2. The first-order valence-electron chi connectivity index (χ1n) is 6.47. The Morgan fingerprint density at radius 2 is 1.76 bits per heavy atom. The second kappa shape index (κ2) is 6.74. The molecule has 0 bridgehead atoms. The molecule has 21 heavy (non-hydrogen) atoms. The highest BCUT2D eigenvalue weighted by atomic mass is 19.1. The number of halogens is 1. The molecule has 0 aromatic heterocycles. The minimum atomic E-state index is -1.30. The lowest BCUT2D eigenvalue weighted by atomic mass is 10.2. The highest BCUT2D eigenvalue weighted by molar-refractivity contribution is 5.88. The predicted octanol–water partition coefficient (Wildman–Crippen LogP) is 3.50. The molecule has 0 saturated heterocycles. The average molecular weight is 290 g/mol. The summed E-state index contributed by atoms with van der Waals surface area (Å²) in [6, 6.07) is 11.1. The second-order valence-corrected chi connectivity index (χ2v) is 4.31. The van der Waals surface area contributed by atoms with Crippen molar-refractivity contribution in [3.8, 4) is 11.5 Å². The van der Waals surface area contributed by atoms with E-state index in [4.69, 9.17) is 14.6 Å². The van der Waals surface area contributed by atoms with Crippen LogP contribution in [0.3, 0.4) is 0 Å². The van der Waals surface area contributed by atoms with Gasteiger partial charge >= 0.3 is 5.97 Å². The van der Waals surface area contributed by atoms with E-state index in [0.29, 0.717) is 6.61 Å². The highest BCUT2D eigenvalue weighted by Gasteiger charge is 2.10. The van der Waals surface area contributed by atoms with E-state index in [1.165, 1.54) is 12.1 Å². The van der Waals surface area contributed by atoms with Crippen LogP contribution in [-0.2, 0) is 6.61 Å². The van der Waals surface area contributed by atoms with Crippen molar-refractivity contribution in [1.82, 2.24) is 0 Å². The first-order chi connectivity index (χ1) is 10.1. The van der Waals surface area contributed by atoms with Crippen molar-refractivity contribution in [3.05, 3.63) is 59.4 Å². The molecular weight excluding hydrogens is 275 g/mol. The fourth-order valence-corrected chi connectivity index (χ4v) is 1.77. The zero-order valence-electron chi connectivity index (χ0n) is 11.5. The van der Waals surface area contributed by atoms with Crippen molar-refractivity contribution in [2.24, 2.45) is 0 Å². The van der Waals surface area contributed by atoms with E-state index in [1.807, 2.05) is 31.2 Å². The van der Waals surface area contributed by atoms with Crippen LogP contribution in [0.5, 0.6) is 11.5 Å². The van der Waals surface area contributed by atoms with Crippen molar-refractivity contribution in [2.75, 3.05) is 6.61 Å². The smallest absolute Gasteiger partial charge is 0.338 e. The van der Waals surface area contributed by atoms with Crippen molar-refractivity contribution >= 4 is 5.97 Å². The molecule has 4 nitrogen and oxygen atoms in total. The summed E-state index contributed by atoms with van der Waals surface area (Å²) in [4.78, 5) is 10.7. The van der Waals surface area contributed by atoms with Gasteiger partial charge in [-0.15, -0.1) is 0 Å². The van der Waals surface area contributed by atoms with E-state index in [1.54, 1.807) is 0 Å². The molecule has 2 rings (SSSR count). The quantitative estimate of drug-likeness (QED) is 0.884. The Bertz CT molecular complexity index is 623. The molecule has 0 unspecified atom stereocenters. The molecule has 0 heterocycles. The largest absolute Gasteiger partial charge is 0.494 e. The zero-order chi connectivity index (χ0) is 15.2. The number of carboxylic acids is 1. The summed E-state index contributed by atoms with van der Waals surface area (Å²) in [6.45, 7) is 2.77. The van der Waals surface area contributed by atoms with Crippen molar-refractivity contribution < 1.29 is 23.8 Å². The van der Waals surface area contributed by atoms with Crippen LogP contribution < -0.4 is 9.47 Å². The predicted molar refractivity (Wildman–Crippen MR) is 75.3 cm³/mol. The van der Waals surface area contributed by atoms with E-state index in [2.05, 4.69) is 0 Å². The topological polar surface area (TPSA) is 55.8 Å². The Hall–Kier alpha value is -2.56. The van der Waals surface area contributed by atoms with E-state index < -0.39 is 11.8 Å². The molecule has 110 valence electrons. The Labute approximate surface area is 121 Å². The van der Waals surface area contributed by atoms with Crippen molar-refractivity contribution in [3.63, 3.8) is 0 Å². The number of benzene rings is 2. The van der Waals surface area contributed by atoms with Gasteiger partial charge in [0.2, 0.25) is 0 Å². The van der Waals surface area contributed by atoms with Crippen molar-refractivity contribution in [1.29, 1.82) is 0 Å². The molecule has 0 aliphatic carbocycles.